The predicted molar refractivity (Wildman–Crippen MR) is 85.7 cm³/mol. The third kappa shape index (κ3) is 2.52. The topological polar surface area (TPSA) is 45.0 Å². The number of amides is 1. The van der Waals surface area contributed by atoms with Crippen molar-refractivity contribution in [1.82, 2.24) is 0 Å². The zero-order chi connectivity index (χ0) is 14.7. The van der Waals surface area contributed by atoms with Gasteiger partial charge in [-0.2, -0.15) is 10.1 Å². The Morgan fingerprint density at radius 1 is 1.05 bits per heavy atom. The quantitative estimate of drug-likeness (QED) is 0.645. The fourth-order valence-electron chi connectivity index (χ4n) is 2.19. The average Bonchev–Trinajstić information content (AvgIpc) is 2.87. The Morgan fingerprint density at radius 3 is 2.29 bits per heavy atom. The van der Waals surface area contributed by atoms with Gasteiger partial charge in [0.15, 0.2) is 6.04 Å². The van der Waals surface area contributed by atoms with Gasteiger partial charge in [0.05, 0.1) is 10.8 Å². The lowest BCUT2D eigenvalue weighted by Crippen LogP contribution is -2.30. The molecule has 3 rings (SSSR count). The maximum atomic E-state index is 12.5. The summed E-state index contributed by atoms with van der Waals surface area (Å²) in [5.74, 6) is -0.225. The zero-order valence-electron chi connectivity index (χ0n) is 11.0. The number of carbonyl (C=O) groups is 1. The normalized spacial score (nSPS) is 17.3. The second-order valence-corrected chi connectivity index (χ2v) is 4.64. The van der Waals surface area contributed by atoms with Crippen LogP contribution in [0.25, 0.3) is 0 Å². The minimum absolute atomic E-state index is 0.225. The van der Waals surface area contributed by atoms with E-state index in [-0.39, 0.29) is 5.91 Å². The van der Waals surface area contributed by atoms with Crippen LogP contribution in [-0.2, 0) is 4.79 Å². The summed E-state index contributed by atoms with van der Waals surface area (Å²) in [6.45, 7) is 0. The molecule has 0 fully saturated rings. The number of thiocarbonyl (C=S) groups is 1. The molecular formula is C16H11N3OS. The first-order valence-corrected chi connectivity index (χ1v) is 6.82. The molecule has 2 aromatic rings. The lowest BCUT2D eigenvalue weighted by atomic mass is 10.0. The summed E-state index contributed by atoms with van der Waals surface area (Å²) in [6, 6.07) is 18.0. The minimum atomic E-state index is -0.731. The van der Waals surface area contributed by atoms with Crippen LogP contribution in [0.1, 0.15) is 5.56 Å². The maximum absolute atomic E-state index is 12.5. The molecule has 1 heterocycles. The van der Waals surface area contributed by atoms with E-state index in [9.17, 15) is 4.79 Å². The van der Waals surface area contributed by atoms with Gasteiger partial charge in [-0.25, -0.2) is 4.99 Å². The molecule has 0 aromatic heterocycles. The number of hydrazone groups is 1. The van der Waals surface area contributed by atoms with E-state index in [1.807, 2.05) is 60.7 Å². The fourth-order valence-corrected chi connectivity index (χ4v) is 2.30. The summed E-state index contributed by atoms with van der Waals surface area (Å²) in [4.78, 5) is 16.5. The molecule has 0 saturated heterocycles. The van der Waals surface area contributed by atoms with Gasteiger partial charge < -0.3 is 0 Å². The number of hydrogen-bond acceptors (Lipinski definition) is 4. The van der Waals surface area contributed by atoms with Crippen LogP contribution in [0.5, 0.6) is 0 Å². The number of nitrogens with zero attached hydrogens (tertiary/aromatic N) is 3. The monoisotopic (exact) mass is 293 g/mol. The van der Waals surface area contributed by atoms with Crippen molar-refractivity contribution in [2.45, 2.75) is 6.04 Å². The summed E-state index contributed by atoms with van der Waals surface area (Å²) in [7, 11) is 0. The van der Waals surface area contributed by atoms with Crippen molar-refractivity contribution in [2.24, 2.45) is 10.1 Å². The van der Waals surface area contributed by atoms with Crippen molar-refractivity contribution in [3.05, 3.63) is 66.2 Å². The smallest absolute Gasteiger partial charge is 0.270 e. The number of isothiocyanates is 1. The average molecular weight is 293 g/mol. The first kappa shape index (κ1) is 13.4. The summed E-state index contributed by atoms with van der Waals surface area (Å²) >= 11 is 4.66. The molecule has 0 N–H and O–H groups in total. The number of carbonyl (C=O) groups excluding carboxylic acids is 1. The van der Waals surface area contributed by atoms with Gasteiger partial charge in [-0.15, -0.1) is 0 Å². The van der Waals surface area contributed by atoms with Crippen LogP contribution < -0.4 is 5.01 Å². The van der Waals surface area contributed by atoms with Crippen LogP contribution >= 0.6 is 12.2 Å². The number of aliphatic imine (C=N–C) groups is 1. The maximum Gasteiger partial charge on any atom is 0.279 e. The van der Waals surface area contributed by atoms with Crippen LogP contribution in [0, 0.1) is 0 Å². The minimum Gasteiger partial charge on any atom is -0.270 e. The van der Waals surface area contributed by atoms with Gasteiger partial charge in [-0.1, -0.05) is 48.5 Å². The highest BCUT2D eigenvalue weighted by molar-refractivity contribution is 7.78. The molecule has 2 aromatic carbocycles. The first-order chi connectivity index (χ1) is 10.3. The Morgan fingerprint density at radius 2 is 1.67 bits per heavy atom. The molecule has 0 saturated carbocycles. The van der Waals surface area contributed by atoms with Gasteiger partial charge in [0.1, 0.15) is 5.71 Å². The van der Waals surface area contributed by atoms with Gasteiger partial charge in [-0.3, -0.25) is 4.79 Å². The van der Waals surface area contributed by atoms with E-state index in [4.69, 9.17) is 0 Å². The molecule has 1 atom stereocenters. The Kier molecular flexibility index (Phi) is 3.69. The standard InChI is InChI=1S/C16H11N3OS/c20-16-15(17-11-21)14(12-7-3-1-4-8-12)18-19(16)13-9-5-2-6-10-13/h1-10,15H. The summed E-state index contributed by atoms with van der Waals surface area (Å²) in [5, 5.41) is 8.09. The fraction of sp³-hybridized carbons (Fsp3) is 0.0625. The molecule has 1 amide bonds. The molecule has 0 bridgehead atoms. The summed E-state index contributed by atoms with van der Waals surface area (Å²) in [6.07, 6.45) is 0. The Hall–Kier alpha value is -2.62. The Balaban J connectivity index is 2.07. The number of benzene rings is 2. The second kappa shape index (κ2) is 5.79. The van der Waals surface area contributed by atoms with Crippen LogP contribution in [0.2, 0.25) is 0 Å². The Bertz CT molecular complexity index is 737. The van der Waals surface area contributed by atoms with E-state index < -0.39 is 6.04 Å². The highest BCUT2D eigenvalue weighted by Crippen LogP contribution is 2.24. The summed E-state index contributed by atoms with van der Waals surface area (Å²) in [5.41, 5.74) is 2.14. The van der Waals surface area contributed by atoms with E-state index in [0.29, 0.717) is 11.4 Å². The SMILES string of the molecule is O=C1C(N=C=S)C(c2ccccc2)=NN1c1ccccc1. The molecule has 102 valence electrons. The van der Waals surface area contributed by atoms with Gasteiger partial charge in [0.25, 0.3) is 5.91 Å². The summed E-state index contributed by atoms with van der Waals surface area (Å²) < 4.78 is 0. The van der Waals surface area contributed by atoms with Crippen LogP contribution in [-0.4, -0.2) is 22.8 Å². The van der Waals surface area contributed by atoms with E-state index in [1.54, 1.807) is 0 Å². The molecule has 1 aliphatic rings. The molecular weight excluding hydrogens is 282 g/mol. The van der Waals surface area contributed by atoms with Crippen LogP contribution in [0.3, 0.4) is 0 Å². The molecule has 0 spiro atoms. The second-order valence-electron chi connectivity index (χ2n) is 4.46. The van der Waals surface area contributed by atoms with E-state index in [2.05, 4.69) is 27.5 Å². The van der Waals surface area contributed by atoms with Gasteiger partial charge in [0.2, 0.25) is 0 Å². The molecule has 21 heavy (non-hydrogen) atoms. The third-order valence-electron chi connectivity index (χ3n) is 3.16. The molecule has 5 heteroatoms. The van der Waals surface area contributed by atoms with Crippen molar-refractivity contribution in [1.29, 1.82) is 0 Å². The zero-order valence-corrected chi connectivity index (χ0v) is 11.8. The van der Waals surface area contributed by atoms with Gasteiger partial charge in [-0.05, 0) is 24.4 Å². The number of hydrogen-bond donors (Lipinski definition) is 0. The number of para-hydroxylation sites is 1. The Labute approximate surface area is 127 Å². The van der Waals surface area contributed by atoms with Gasteiger partial charge >= 0.3 is 0 Å². The molecule has 0 aliphatic carbocycles. The number of anilines is 1. The highest BCUT2D eigenvalue weighted by atomic mass is 32.1. The third-order valence-corrected chi connectivity index (χ3v) is 3.27. The largest absolute Gasteiger partial charge is 0.279 e. The molecule has 4 nitrogen and oxygen atoms in total. The van der Waals surface area contributed by atoms with E-state index >= 15 is 0 Å². The van der Waals surface area contributed by atoms with Crippen LogP contribution in [0.4, 0.5) is 5.69 Å². The van der Waals surface area contributed by atoms with E-state index in [1.165, 1.54) is 5.01 Å². The lowest BCUT2D eigenvalue weighted by Gasteiger charge is -2.11. The molecule has 0 radical (unpaired) electrons. The van der Waals surface area contributed by atoms with Crippen molar-refractivity contribution >= 4 is 34.7 Å². The van der Waals surface area contributed by atoms with Crippen molar-refractivity contribution in [3.8, 4) is 0 Å². The van der Waals surface area contributed by atoms with Crippen molar-refractivity contribution < 1.29 is 4.79 Å². The van der Waals surface area contributed by atoms with Crippen molar-refractivity contribution in [2.75, 3.05) is 5.01 Å². The van der Waals surface area contributed by atoms with Crippen LogP contribution in [0.15, 0.2) is 70.8 Å². The molecule has 1 aliphatic heterocycles. The lowest BCUT2D eigenvalue weighted by molar-refractivity contribution is -0.117. The predicted octanol–water partition coefficient (Wildman–Crippen LogP) is 2.91. The van der Waals surface area contributed by atoms with E-state index in [0.717, 1.165) is 5.56 Å². The number of rotatable bonds is 3. The first-order valence-electron chi connectivity index (χ1n) is 6.41. The molecule has 1 unspecified atom stereocenters. The van der Waals surface area contributed by atoms with Gasteiger partial charge in [0, 0.05) is 5.56 Å². The highest BCUT2D eigenvalue weighted by Gasteiger charge is 2.37. The van der Waals surface area contributed by atoms with Crippen molar-refractivity contribution in [3.63, 3.8) is 0 Å².